The van der Waals surface area contributed by atoms with Crippen LogP contribution < -0.4 is 20.8 Å². The summed E-state index contributed by atoms with van der Waals surface area (Å²) in [5, 5.41) is 9.40. The number of anilines is 1. The standard InChI is InChI=1S/C19H22FN3O4.ClH/c1-9-6-22(8-14(9)21)16-13(20)5-11-15(18(16)27-2)23(10-3-4-10)7-12(17(11)24)19(25)26;/h5,7,9-10,14H,3-4,6,8,21H2,1-2H3,(H,25,26);1H/t9-,14+;/m1./s1. The van der Waals surface area contributed by atoms with Gasteiger partial charge in [-0.2, -0.15) is 0 Å². The van der Waals surface area contributed by atoms with Gasteiger partial charge < -0.3 is 25.0 Å². The molecule has 2 aliphatic rings. The first-order valence-corrected chi connectivity index (χ1v) is 9.02. The fourth-order valence-corrected chi connectivity index (χ4v) is 3.90. The predicted octanol–water partition coefficient (Wildman–Crippen LogP) is 2.39. The Morgan fingerprint density at radius 2 is 2.04 bits per heavy atom. The Morgan fingerprint density at radius 1 is 1.36 bits per heavy atom. The molecule has 7 nitrogen and oxygen atoms in total. The van der Waals surface area contributed by atoms with Gasteiger partial charge in [0.2, 0.25) is 5.43 Å². The van der Waals surface area contributed by atoms with Crippen LogP contribution in [0.1, 0.15) is 36.2 Å². The van der Waals surface area contributed by atoms with Crippen LogP contribution >= 0.6 is 12.4 Å². The third kappa shape index (κ3) is 3.10. The number of halogens is 2. The average molecular weight is 412 g/mol. The van der Waals surface area contributed by atoms with E-state index in [4.69, 9.17) is 10.5 Å². The second-order valence-corrected chi connectivity index (χ2v) is 7.50. The third-order valence-electron chi connectivity index (χ3n) is 5.56. The number of benzene rings is 1. The second kappa shape index (κ2) is 7.25. The molecule has 1 aromatic heterocycles. The SMILES string of the molecule is COc1c(N2C[C@@H](C)[C@@H](N)C2)c(F)cc2c(=O)c(C(=O)O)cn(C3CC3)c12.Cl. The molecule has 0 spiro atoms. The molecule has 2 atom stereocenters. The quantitative estimate of drug-likeness (QED) is 0.801. The van der Waals surface area contributed by atoms with Gasteiger partial charge in [-0.25, -0.2) is 9.18 Å². The van der Waals surface area contributed by atoms with Crippen molar-refractivity contribution in [3.8, 4) is 5.75 Å². The maximum absolute atomic E-state index is 15.1. The van der Waals surface area contributed by atoms with Crippen LogP contribution in [0.5, 0.6) is 5.75 Å². The lowest BCUT2D eigenvalue weighted by Gasteiger charge is -2.24. The van der Waals surface area contributed by atoms with E-state index in [-0.39, 0.29) is 52.8 Å². The summed E-state index contributed by atoms with van der Waals surface area (Å²) in [6.45, 7) is 3.08. The van der Waals surface area contributed by atoms with E-state index in [1.807, 2.05) is 11.8 Å². The Hall–Kier alpha value is -2.32. The lowest BCUT2D eigenvalue weighted by Crippen LogP contribution is -2.29. The van der Waals surface area contributed by atoms with Crippen molar-refractivity contribution < 1.29 is 19.0 Å². The summed E-state index contributed by atoms with van der Waals surface area (Å²) in [6, 6.07) is 1.14. The number of hydrogen-bond acceptors (Lipinski definition) is 5. The Morgan fingerprint density at radius 3 is 2.54 bits per heavy atom. The molecule has 2 fully saturated rings. The zero-order valence-corrected chi connectivity index (χ0v) is 16.5. The maximum Gasteiger partial charge on any atom is 0.341 e. The number of carboxylic acids is 1. The number of ether oxygens (including phenoxy) is 1. The van der Waals surface area contributed by atoms with Crippen molar-refractivity contribution >= 4 is 35.0 Å². The minimum absolute atomic E-state index is 0. The van der Waals surface area contributed by atoms with Crippen LogP contribution in [0, 0.1) is 11.7 Å². The van der Waals surface area contributed by atoms with Gasteiger partial charge >= 0.3 is 5.97 Å². The van der Waals surface area contributed by atoms with E-state index in [2.05, 4.69) is 0 Å². The number of nitrogens with zero attached hydrogens (tertiary/aromatic N) is 2. The number of nitrogens with two attached hydrogens (primary N) is 1. The lowest BCUT2D eigenvalue weighted by molar-refractivity contribution is 0.0695. The molecule has 3 N–H and O–H groups in total. The molecule has 2 heterocycles. The minimum atomic E-state index is -1.32. The Labute approximate surface area is 167 Å². The number of fused-ring (bicyclic) bond motifs is 1. The zero-order valence-electron chi connectivity index (χ0n) is 15.6. The Bertz CT molecular complexity index is 995. The molecule has 1 aromatic carbocycles. The third-order valence-corrected chi connectivity index (χ3v) is 5.56. The number of carboxylic acid groups (broad SMARTS) is 1. The van der Waals surface area contributed by atoms with Crippen molar-refractivity contribution in [1.82, 2.24) is 4.57 Å². The molecular weight excluding hydrogens is 389 g/mol. The Balaban J connectivity index is 0.00000225. The normalized spacial score (nSPS) is 21.6. The molecule has 2 aromatic rings. The number of pyridine rings is 1. The number of aromatic nitrogens is 1. The van der Waals surface area contributed by atoms with Gasteiger partial charge in [0.1, 0.15) is 11.3 Å². The van der Waals surface area contributed by atoms with E-state index in [0.717, 1.165) is 18.9 Å². The molecule has 28 heavy (non-hydrogen) atoms. The molecule has 0 bridgehead atoms. The monoisotopic (exact) mass is 411 g/mol. The molecule has 1 saturated carbocycles. The smallest absolute Gasteiger partial charge is 0.341 e. The minimum Gasteiger partial charge on any atom is -0.492 e. The average Bonchev–Trinajstić information content (AvgIpc) is 3.40. The summed E-state index contributed by atoms with van der Waals surface area (Å²) in [7, 11) is 1.43. The highest BCUT2D eigenvalue weighted by Crippen LogP contribution is 2.44. The van der Waals surface area contributed by atoms with Crippen LogP contribution in [0.4, 0.5) is 10.1 Å². The molecule has 9 heteroatoms. The first-order valence-electron chi connectivity index (χ1n) is 9.02. The van der Waals surface area contributed by atoms with E-state index in [1.54, 1.807) is 4.57 Å². The van der Waals surface area contributed by atoms with Crippen molar-refractivity contribution in [3.63, 3.8) is 0 Å². The highest BCUT2D eigenvalue weighted by molar-refractivity contribution is 5.97. The van der Waals surface area contributed by atoms with Gasteiger partial charge in [-0.1, -0.05) is 6.92 Å². The molecule has 0 unspecified atom stereocenters. The lowest BCUT2D eigenvalue weighted by atomic mass is 10.1. The predicted molar refractivity (Wildman–Crippen MR) is 107 cm³/mol. The van der Waals surface area contributed by atoms with E-state index in [0.29, 0.717) is 18.6 Å². The second-order valence-electron chi connectivity index (χ2n) is 7.50. The van der Waals surface area contributed by atoms with Crippen LogP contribution in [0.2, 0.25) is 0 Å². The number of hydrogen-bond donors (Lipinski definition) is 2. The molecule has 0 radical (unpaired) electrons. The maximum atomic E-state index is 15.1. The molecule has 1 aliphatic carbocycles. The summed E-state index contributed by atoms with van der Waals surface area (Å²) in [5.74, 6) is -1.47. The van der Waals surface area contributed by atoms with Crippen molar-refractivity contribution in [2.24, 2.45) is 11.7 Å². The van der Waals surface area contributed by atoms with E-state index in [9.17, 15) is 14.7 Å². The van der Waals surface area contributed by atoms with Gasteiger partial charge in [0.15, 0.2) is 11.6 Å². The van der Waals surface area contributed by atoms with Crippen LogP contribution in [0.3, 0.4) is 0 Å². The number of methoxy groups -OCH3 is 1. The summed E-state index contributed by atoms with van der Waals surface area (Å²) in [4.78, 5) is 26.0. The van der Waals surface area contributed by atoms with Gasteiger partial charge in [-0.3, -0.25) is 4.79 Å². The zero-order chi connectivity index (χ0) is 19.5. The van der Waals surface area contributed by atoms with Crippen molar-refractivity contribution in [2.75, 3.05) is 25.1 Å². The molecule has 1 saturated heterocycles. The van der Waals surface area contributed by atoms with Crippen LogP contribution in [-0.4, -0.2) is 41.9 Å². The van der Waals surface area contributed by atoms with Crippen molar-refractivity contribution in [2.45, 2.75) is 31.8 Å². The largest absolute Gasteiger partial charge is 0.492 e. The molecule has 4 rings (SSSR count). The topological polar surface area (TPSA) is 97.8 Å². The molecule has 152 valence electrons. The van der Waals surface area contributed by atoms with E-state index in [1.165, 1.54) is 13.3 Å². The number of aromatic carboxylic acids is 1. The van der Waals surface area contributed by atoms with Gasteiger partial charge in [-0.15, -0.1) is 12.4 Å². The van der Waals surface area contributed by atoms with E-state index >= 15 is 4.39 Å². The summed E-state index contributed by atoms with van der Waals surface area (Å²) >= 11 is 0. The van der Waals surface area contributed by atoms with Gasteiger partial charge in [0.05, 0.1) is 18.0 Å². The van der Waals surface area contributed by atoms with Crippen LogP contribution in [-0.2, 0) is 0 Å². The number of rotatable bonds is 4. The summed E-state index contributed by atoms with van der Waals surface area (Å²) < 4.78 is 22.4. The highest BCUT2D eigenvalue weighted by Gasteiger charge is 2.34. The summed E-state index contributed by atoms with van der Waals surface area (Å²) in [6.07, 6.45) is 3.10. The van der Waals surface area contributed by atoms with E-state index < -0.39 is 17.2 Å². The van der Waals surface area contributed by atoms with Gasteiger partial charge in [0.25, 0.3) is 0 Å². The van der Waals surface area contributed by atoms with Crippen molar-refractivity contribution in [1.29, 1.82) is 0 Å². The van der Waals surface area contributed by atoms with Crippen LogP contribution in [0.25, 0.3) is 10.9 Å². The molecule has 1 aliphatic heterocycles. The first-order chi connectivity index (χ1) is 12.8. The fourth-order valence-electron chi connectivity index (χ4n) is 3.90. The fraction of sp³-hybridized carbons (Fsp3) is 0.474. The van der Waals surface area contributed by atoms with Gasteiger partial charge in [0, 0.05) is 31.4 Å². The molecular formula is C19H23ClFN3O4. The molecule has 0 amide bonds. The van der Waals surface area contributed by atoms with Gasteiger partial charge in [-0.05, 0) is 24.8 Å². The highest BCUT2D eigenvalue weighted by atomic mass is 35.5. The van der Waals surface area contributed by atoms with Crippen molar-refractivity contribution in [3.05, 3.63) is 33.9 Å². The Kier molecular flexibility index (Phi) is 5.29. The first kappa shape index (κ1) is 20.4. The summed E-state index contributed by atoms with van der Waals surface area (Å²) in [5.41, 5.74) is 5.76. The van der Waals surface area contributed by atoms with Crippen LogP contribution in [0.15, 0.2) is 17.1 Å². The number of carbonyl (C=O) groups is 1.